The molecule has 14 heavy (non-hydrogen) atoms. The van der Waals surface area contributed by atoms with Crippen molar-refractivity contribution in [3.8, 4) is 6.07 Å². The van der Waals surface area contributed by atoms with Crippen molar-refractivity contribution in [2.24, 2.45) is 0 Å². The second kappa shape index (κ2) is 6.00. The quantitative estimate of drug-likeness (QED) is 0.720. The largest absolute Gasteiger partial charge is 0.395 e. The third-order valence-electron chi connectivity index (χ3n) is 3.00. The first kappa shape index (κ1) is 11.5. The fourth-order valence-electron chi connectivity index (χ4n) is 2.13. The number of nitriles is 1. The van der Waals surface area contributed by atoms with Crippen LogP contribution in [0.15, 0.2) is 0 Å². The Morgan fingerprint density at radius 2 is 1.71 bits per heavy atom. The smallest absolute Gasteiger partial charge is 0.106 e. The molecule has 80 valence electrons. The minimum absolute atomic E-state index is 0.115. The summed E-state index contributed by atoms with van der Waals surface area (Å²) in [5.74, 6) is 0. The Morgan fingerprint density at radius 1 is 1.14 bits per heavy atom. The molecule has 1 aliphatic carbocycles. The molecule has 1 fully saturated rings. The maximum atomic E-state index is 9.19. The highest BCUT2D eigenvalue weighted by atomic mass is 16.3. The number of aliphatic hydroxyl groups excluding tert-OH is 1. The molecule has 0 spiro atoms. The third kappa shape index (κ3) is 3.28. The highest BCUT2D eigenvalue weighted by Crippen LogP contribution is 2.25. The second-order valence-corrected chi connectivity index (χ2v) is 4.11. The lowest BCUT2D eigenvalue weighted by Crippen LogP contribution is -2.45. The van der Waals surface area contributed by atoms with Crippen molar-refractivity contribution in [3.63, 3.8) is 0 Å². The molecule has 0 saturated heterocycles. The molecular weight excluding hydrogens is 176 g/mol. The molecule has 0 aromatic heterocycles. The summed E-state index contributed by atoms with van der Waals surface area (Å²) in [7, 11) is 0. The van der Waals surface area contributed by atoms with Gasteiger partial charge in [-0.1, -0.05) is 32.1 Å². The van der Waals surface area contributed by atoms with Crippen molar-refractivity contribution in [1.29, 1.82) is 5.26 Å². The minimum Gasteiger partial charge on any atom is -0.395 e. The Balaban J connectivity index is 2.50. The van der Waals surface area contributed by atoms with E-state index in [1.54, 1.807) is 0 Å². The SMILES string of the molecule is N#CC1(NCCO)CCCCCCC1. The number of nitrogens with one attached hydrogen (secondary N) is 1. The van der Waals surface area contributed by atoms with E-state index in [2.05, 4.69) is 11.4 Å². The van der Waals surface area contributed by atoms with Gasteiger partial charge in [0.1, 0.15) is 5.54 Å². The van der Waals surface area contributed by atoms with Gasteiger partial charge in [-0.05, 0) is 12.8 Å². The molecule has 2 N–H and O–H groups in total. The minimum atomic E-state index is -0.358. The van der Waals surface area contributed by atoms with Crippen molar-refractivity contribution >= 4 is 0 Å². The maximum Gasteiger partial charge on any atom is 0.106 e. The Labute approximate surface area is 86.1 Å². The lowest BCUT2D eigenvalue weighted by molar-refractivity contribution is 0.252. The van der Waals surface area contributed by atoms with Gasteiger partial charge in [0.25, 0.3) is 0 Å². The van der Waals surface area contributed by atoms with Crippen LogP contribution in [0.2, 0.25) is 0 Å². The van der Waals surface area contributed by atoms with Gasteiger partial charge in [0.15, 0.2) is 0 Å². The number of β-amino-alcohol motifs (C(OH)–C–C–N with tert-alkyl or cyclic N) is 1. The molecular formula is C11H20N2O. The third-order valence-corrected chi connectivity index (χ3v) is 3.00. The Kier molecular flexibility index (Phi) is 4.92. The maximum absolute atomic E-state index is 9.19. The van der Waals surface area contributed by atoms with Crippen molar-refractivity contribution in [2.45, 2.75) is 50.5 Å². The van der Waals surface area contributed by atoms with Gasteiger partial charge in [-0.3, -0.25) is 5.32 Å². The monoisotopic (exact) mass is 196 g/mol. The normalized spacial score (nSPS) is 22.0. The average molecular weight is 196 g/mol. The molecule has 1 aliphatic rings. The van der Waals surface area contributed by atoms with E-state index in [0.29, 0.717) is 6.54 Å². The molecule has 0 aromatic carbocycles. The molecule has 0 aliphatic heterocycles. The fraction of sp³-hybridized carbons (Fsp3) is 0.909. The molecule has 3 nitrogen and oxygen atoms in total. The zero-order valence-corrected chi connectivity index (χ0v) is 8.76. The standard InChI is InChI=1S/C11H20N2O/c12-10-11(13-8-9-14)6-4-2-1-3-5-7-11/h13-14H,1-9H2. The van der Waals surface area contributed by atoms with E-state index >= 15 is 0 Å². The van der Waals surface area contributed by atoms with Crippen LogP contribution in [0.25, 0.3) is 0 Å². The van der Waals surface area contributed by atoms with E-state index in [1.165, 1.54) is 19.3 Å². The van der Waals surface area contributed by atoms with E-state index in [1.807, 2.05) is 0 Å². The van der Waals surface area contributed by atoms with Crippen molar-refractivity contribution in [1.82, 2.24) is 5.32 Å². The van der Waals surface area contributed by atoms with Crippen LogP contribution in [0, 0.1) is 11.3 Å². The van der Waals surface area contributed by atoms with Crippen LogP contribution < -0.4 is 5.32 Å². The van der Waals surface area contributed by atoms with Gasteiger partial charge in [0, 0.05) is 6.54 Å². The van der Waals surface area contributed by atoms with E-state index in [4.69, 9.17) is 5.11 Å². The molecule has 0 heterocycles. The van der Waals surface area contributed by atoms with Crippen molar-refractivity contribution < 1.29 is 5.11 Å². The summed E-state index contributed by atoms with van der Waals surface area (Å²) in [4.78, 5) is 0. The predicted molar refractivity (Wildman–Crippen MR) is 55.8 cm³/mol. The van der Waals surface area contributed by atoms with Crippen LogP contribution >= 0.6 is 0 Å². The topological polar surface area (TPSA) is 56.0 Å². The van der Waals surface area contributed by atoms with Crippen LogP contribution in [-0.4, -0.2) is 23.8 Å². The van der Waals surface area contributed by atoms with Gasteiger partial charge >= 0.3 is 0 Å². The van der Waals surface area contributed by atoms with E-state index in [0.717, 1.165) is 25.7 Å². The summed E-state index contributed by atoms with van der Waals surface area (Å²) in [6.07, 6.45) is 7.92. The number of hydrogen-bond acceptors (Lipinski definition) is 3. The first-order valence-electron chi connectivity index (χ1n) is 5.60. The summed E-state index contributed by atoms with van der Waals surface area (Å²) in [6.45, 7) is 0.650. The number of aliphatic hydroxyl groups is 1. The van der Waals surface area contributed by atoms with Gasteiger partial charge < -0.3 is 5.11 Å². The second-order valence-electron chi connectivity index (χ2n) is 4.11. The highest BCUT2D eigenvalue weighted by molar-refractivity contribution is 5.07. The molecule has 0 bridgehead atoms. The summed E-state index contributed by atoms with van der Waals surface area (Å²) in [5.41, 5.74) is -0.358. The molecule has 0 radical (unpaired) electrons. The summed E-state index contributed by atoms with van der Waals surface area (Å²) < 4.78 is 0. The van der Waals surface area contributed by atoms with Gasteiger partial charge in [-0.15, -0.1) is 0 Å². The molecule has 0 unspecified atom stereocenters. The first-order chi connectivity index (χ1) is 6.83. The number of hydrogen-bond donors (Lipinski definition) is 2. The van der Waals surface area contributed by atoms with Crippen LogP contribution in [0.4, 0.5) is 0 Å². The zero-order chi connectivity index (χ0) is 10.3. The van der Waals surface area contributed by atoms with Gasteiger partial charge in [0.05, 0.1) is 12.7 Å². The van der Waals surface area contributed by atoms with Crippen molar-refractivity contribution in [3.05, 3.63) is 0 Å². The molecule has 1 saturated carbocycles. The van der Waals surface area contributed by atoms with Gasteiger partial charge in [-0.2, -0.15) is 5.26 Å². The summed E-state index contributed by atoms with van der Waals surface area (Å²) in [6, 6.07) is 2.40. The lowest BCUT2D eigenvalue weighted by Gasteiger charge is -2.29. The summed E-state index contributed by atoms with van der Waals surface area (Å²) in [5, 5.41) is 21.1. The molecule has 0 amide bonds. The molecule has 1 rings (SSSR count). The van der Waals surface area contributed by atoms with Crippen LogP contribution in [-0.2, 0) is 0 Å². The van der Waals surface area contributed by atoms with Gasteiger partial charge in [0.2, 0.25) is 0 Å². The Bertz CT molecular complexity index is 184. The first-order valence-corrected chi connectivity index (χ1v) is 5.60. The van der Waals surface area contributed by atoms with Crippen LogP contribution in [0.1, 0.15) is 44.9 Å². The van der Waals surface area contributed by atoms with E-state index < -0.39 is 0 Å². The van der Waals surface area contributed by atoms with Crippen molar-refractivity contribution in [2.75, 3.05) is 13.2 Å². The van der Waals surface area contributed by atoms with E-state index in [9.17, 15) is 5.26 Å². The molecule has 0 aromatic rings. The predicted octanol–water partition coefficient (Wildman–Crippen LogP) is 1.57. The molecule has 0 atom stereocenters. The zero-order valence-electron chi connectivity index (χ0n) is 8.76. The average Bonchev–Trinajstić information content (AvgIpc) is 2.18. The summed E-state index contributed by atoms with van der Waals surface area (Å²) >= 11 is 0. The lowest BCUT2D eigenvalue weighted by atomic mass is 9.85. The van der Waals surface area contributed by atoms with E-state index in [-0.39, 0.29) is 12.1 Å². The fourth-order valence-corrected chi connectivity index (χ4v) is 2.13. The number of rotatable bonds is 3. The molecule has 3 heteroatoms. The Hall–Kier alpha value is -0.590. The number of nitrogens with zero attached hydrogens (tertiary/aromatic N) is 1. The Morgan fingerprint density at radius 3 is 2.21 bits per heavy atom. The van der Waals surface area contributed by atoms with Crippen LogP contribution in [0.3, 0.4) is 0 Å². The van der Waals surface area contributed by atoms with Crippen LogP contribution in [0.5, 0.6) is 0 Å². The highest BCUT2D eigenvalue weighted by Gasteiger charge is 2.28. The van der Waals surface area contributed by atoms with Gasteiger partial charge in [-0.25, -0.2) is 0 Å².